The van der Waals surface area contributed by atoms with Gasteiger partial charge in [-0.05, 0) is 77.6 Å². The molecule has 0 spiro atoms. The van der Waals surface area contributed by atoms with Gasteiger partial charge in [-0.1, -0.05) is 142 Å². The molecule has 0 radical (unpaired) electrons. The molecule has 4 aromatic rings. The van der Waals surface area contributed by atoms with Gasteiger partial charge in [-0.2, -0.15) is 0 Å². The maximum atomic E-state index is 14.4. The average molecular weight is 837 g/mol. The minimum atomic E-state index is -1.75. The zero-order chi connectivity index (χ0) is 44.2. The van der Waals surface area contributed by atoms with Crippen LogP contribution in [0.1, 0.15) is 105 Å². The number of hydroxylamine groups is 1. The van der Waals surface area contributed by atoms with Gasteiger partial charge in [0, 0.05) is 16.7 Å². The van der Waals surface area contributed by atoms with E-state index < -0.39 is 47.0 Å². The van der Waals surface area contributed by atoms with Crippen molar-refractivity contribution in [3.63, 3.8) is 0 Å². The molecule has 1 fully saturated rings. The Labute approximate surface area is 359 Å². The lowest BCUT2D eigenvalue weighted by Crippen LogP contribution is -2.51. The molecule has 3 unspecified atom stereocenters. The second-order valence-electron chi connectivity index (χ2n) is 17.7. The van der Waals surface area contributed by atoms with Gasteiger partial charge in [0.1, 0.15) is 17.7 Å². The van der Waals surface area contributed by atoms with E-state index in [1.807, 2.05) is 43.3 Å². The van der Waals surface area contributed by atoms with Crippen LogP contribution in [-0.4, -0.2) is 45.8 Å². The third-order valence-electron chi connectivity index (χ3n) is 11.6. The molecule has 0 aromatic heterocycles. The van der Waals surface area contributed by atoms with Crippen molar-refractivity contribution in [1.29, 1.82) is 0 Å². The van der Waals surface area contributed by atoms with Crippen LogP contribution in [0.25, 0.3) is 0 Å². The van der Waals surface area contributed by atoms with E-state index in [4.69, 9.17) is 16.3 Å². The molecule has 0 bridgehead atoms. The number of hydrogen-bond donors (Lipinski definition) is 2. The van der Waals surface area contributed by atoms with Gasteiger partial charge in [-0.3, -0.25) is 24.4 Å². The number of carbonyl (C=O) groups excluding carboxylic acids is 4. The third-order valence-corrected chi connectivity index (χ3v) is 12.0. The summed E-state index contributed by atoms with van der Waals surface area (Å²) in [7, 11) is 0. The van der Waals surface area contributed by atoms with E-state index in [1.54, 1.807) is 57.2 Å². The number of hydrogen-bond acceptors (Lipinski definition) is 8. The highest BCUT2D eigenvalue weighted by atomic mass is 35.5. The first-order chi connectivity index (χ1) is 28.2. The van der Waals surface area contributed by atoms with Crippen LogP contribution in [0.15, 0.2) is 97.1 Å². The highest BCUT2D eigenvalue weighted by molar-refractivity contribution is 6.34. The maximum absolute atomic E-state index is 14.4. The number of hydrazine groups is 2. The molecule has 320 valence electrons. The fourth-order valence-electron chi connectivity index (χ4n) is 7.01. The monoisotopic (exact) mass is 836 g/mol. The number of ketones is 1. The number of nitrogens with zero attached hydrogens (tertiary/aromatic N) is 3. The van der Waals surface area contributed by atoms with Gasteiger partial charge >= 0.3 is 0 Å². The largest absolute Gasteiger partial charge is 0.765 e. The van der Waals surface area contributed by atoms with E-state index >= 15 is 0 Å². The Kier molecular flexibility index (Phi) is 14.2. The predicted molar refractivity (Wildman–Crippen MR) is 239 cm³/mol. The topological polar surface area (TPSA) is 134 Å². The summed E-state index contributed by atoms with van der Waals surface area (Å²) in [5, 5.41) is 22.9. The summed E-state index contributed by atoms with van der Waals surface area (Å²) >= 11 is 6.62. The molecule has 4 aromatic carbocycles. The standard InChI is InChI=1S/C48H59ClN5O6/c1-11-38(60-39-27-24-32(47(7,8)12-2)28-35(39)48(9,10)13-3)43(56)50-33-25-26-36(49)37(29-33)51-44(57)40(42(55)46(4,5)6)41-45(58)52(30-31-20-16-14-17-21-31)53(54(41)59)34-22-18-15-19-23-34/h14-29,38,40-41H,11-13,30H2,1-10H3,(H,50,56)(H,51,57)/q-1. The number of para-hydroxylation sites is 1. The molecule has 1 aliphatic heterocycles. The molecule has 1 aliphatic rings. The van der Waals surface area contributed by atoms with E-state index in [0.29, 0.717) is 28.7 Å². The van der Waals surface area contributed by atoms with Gasteiger partial charge in [0.2, 0.25) is 5.91 Å². The van der Waals surface area contributed by atoms with Crippen molar-refractivity contribution in [3.05, 3.63) is 124 Å². The number of amides is 3. The summed E-state index contributed by atoms with van der Waals surface area (Å²) in [5.74, 6) is -3.75. The minimum Gasteiger partial charge on any atom is -0.765 e. The number of anilines is 3. The lowest BCUT2D eigenvalue weighted by Gasteiger charge is -2.41. The molecular formula is C48H59ClN5O6-. The van der Waals surface area contributed by atoms with Crippen LogP contribution in [0.4, 0.5) is 17.1 Å². The molecule has 0 saturated carbocycles. The van der Waals surface area contributed by atoms with E-state index in [0.717, 1.165) is 29.1 Å². The van der Waals surface area contributed by atoms with Crippen LogP contribution in [-0.2, 0) is 36.6 Å². The van der Waals surface area contributed by atoms with E-state index in [9.17, 15) is 24.4 Å². The highest BCUT2D eigenvalue weighted by Gasteiger charge is 2.52. The van der Waals surface area contributed by atoms with Crippen LogP contribution in [0, 0.1) is 16.5 Å². The van der Waals surface area contributed by atoms with Gasteiger partial charge in [0.05, 0.1) is 22.9 Å². The molecule has 5 rings (SSSR count). The van der Waals surface area contributed by atoms with Crippen molar-refractivity contribution in [2.75, 3.05) is 15.8 Å². The number of nitrogens with one attached hydrogen (secondary N) is 2. The summed E-state index contributed by atoms with van der Waals surface area (Å²) in [6, 6.07) is 26.7. The van der Waals surface area contributed by atoms with Crippen molar-refractivity contribution in [2.45, 2.75) is 118 Å². The molecule has 60 heavy (non-hydrogen) atoms. The SMILES string of the molecule is CCC(Oc1ccc(C(C)(C)CC)cc1C(C)(C)CC)C(=O)Nc1ccc(Cl)c(NC(=O)C(C(=O)C(C)(C)C)C2C(=O)N(Cc3ccccc3)N(c3ccccc3)N2[O-])c1. The van der Waals surface area contributed by atoms with E-state index in [-0.39, 0.29) is 28.1 Å². The Balaban J connectivity index is 1.43. The molecule has 12 heteroatoms. The van der Waals surface area contributed by atoms with Gasteiger partial charge in [0.15, 0.2) is 11.9 Å². The zero-order valence-electron chi connectivity index (χ0n) is 36.5. The summed E-state index contributed by atoms with van der Waals surface area (Å²) in [4.78, 5) is 56.9. The third kappa shape index (κ3) is 10.0. The lowest BCUT2D eigenvalue weighted by molar-refractivity contribution is -0.143. The van der Waals surface area contributed by atoms with Crippen molar-refractivity contribution in [2.24, 2.45) is 11.3 Å². The van der Waals surface area contributed by atoms with Crippen molar-refractivity contribution in [3.8, 4) is 5.75 Å². The van der Waals surface area contributed by atoms with Gasteiger partial charge in [-0.25, -0.2) is 10.1 Å². The van der Waals surface area contributed by atoms with E-state index in [2.05, 4.69) is 64.3 Å². The Morgan fingerprint density at radius 2 is 1.40 bits per heavy atom. The number of rotatable bonds is 16. The molecular weight excluding hydrogens is 778 g/mol. The second-order valence-corrected chi connectivity index (χ2v) is 18.1. The lowest BCUT2D eigenvalue weighted by atomic mass is 9.76. The van der Waals surface area contributed by atoms with Gasteiger partial charge in [-0.15, -0.1) is 0 Å². The Hall–Kier alpha value is -5.23. The van der Waals surface area contributed by atoms with Crippen molar-refractivity contribution < 1.29 is 23.9 Å². The Bertz CT molecular complexity index is 2170. The Morgan fingerprint density at radius 3 is 1.98 bits per heavy atom. The number of halogens is 1. The number of ether oxygens (including phenoxy) is 1. The first-order valence-electron chi connectivity index (χ1n) is 20.7. The fourth-order valence-corrected chi connectivity index (χ4v) is 7.17. The Morgan fingerprint density at radius 1 is 0.783 bits per heavy atom. The molecule has 0 aliphatic carbocycles. The molecule has 11 nitrogen and oxygen atoms in total. The number of carbonyl (C=O) groups is 4. The molecule has 2 N–H and O–H groups in total. The number of Topliss-reactive ketones (excluding diaryl/α,β-unsaturated/α-hetero) is 1. The van der Waals surface area contributed by atoms with Crippen LogP contribution < -0.4 is 20.5 Å². The number of benzene rings is 4. The first kappa shape index (κ1) is 45.8. The van der Waals surface area contributed by atoms with Crippen molar-refractivity contribution >= 4 is 52.2 Å². The molecule has 1 saturated heterocycles. The summed E-state index contributed by atoms with van der Waals surface area (Å²) in [6.45, 7) is 19.8. The van der Waals surface area contributed by atoms with Gasteiger partial charge < -0.3 is 20.6 Å². The van der Waals surface area contributed by atoms with Crippen LogP contribution >= 0.6 is 11.6 Å². The van der Waals surface area contributed by atoms with Crippen LogP contribution in [0.5, 0.6) is 5.75 Å². The highest BCUT2D eigenvalue weighted by Crippen LogP contribution is 2.40. The molecule has 1 heterocycles. The molecule has 3 atom stereocenters. The summed E-state index contributed by atoms with van der Waals surface area (Å²) in [5.41, 5.74) is 2.35. The predicted octanol–water partition coefficient (Wildman–Crippen LogP) is 10.2. The second kappa shape index (κ2) is 18.6. The van der Waals surface area contributed by atoms with Gasteiger partial charge in [0.25, 0.3) is 11.8 Å². The van der Waals surface area contributed by atoms with Crippen LogP contribution in [0.3, 0.4) is 0 Å². The smallest absolute Gasteiger partial charge is 0.265 e. The minimum absolute atomic E-state index is 0.0118. The normalized spacial score (nSPS) is 16.1. The van der Waals surface area contributed by atoms with Crippen molar-refractivity contribution in [1.82, 2.24) is 10.2 Å². The first-order valence-corrected chi connectivity index (χ1v) is 21.1. The fraction of sp³-hybridized carbons (Fsp3) is 0.417. The summed E-state index contributed by atoms with van der Waals surface area (Å²) in [6.07, 6.45) is 1.34. The maximum Gasteiger partial charge on any atom is 0.265 e. The average Bonchev–Trinajstić information content (AvgIpc) is 3.45. The summed E-state index contributed by atoms with van der Waals surface area (Å²) < 4.78 is 6.47. The quantitative estimate of drug-likeness (QED) is 0.107. The van der Waals surface area contributed by atoms with E-state index in [1.165, 1.54) is 22.7 Å². The van der Waals surface area contributed by atoms with Crippen LogP contribution in [0.2, 0.25) is 5.02 Å². The molecule has 3 amide bonds. The zero-order valence-corrected chi connectivity index (χ0v) is 37.2.